The van der Waals surface area contributed by atoms with E-state index >= 15 is 0 Å². The Morgan fingerprint density at radius 2 is 1.93 bits per heavy atom. The molecule has 0 radical (unpaired) electrons. The fourth-order valence-corrected chi connectivity index (χ4v) is 3.41. The van der Waals surface area contributed by atoms with Crippen molar-refractivity contribution in [2.45, 2.75) is 12.1 Å². The molecule has 140 valence electrons. The zero-order chi connectivity index (χ0) is 18.9. The summed E-state index contributed by atoms with van der Waals surface area (Å²) in [5.41, 5.74) is 2.30. The summed E-state index contributed by atoms with van der Waals surface area (Å²) in [6.45, 7) is 0.849. The number of anilines is 1. The van der Waals surface area contributed by atoms with Crippen molar-refractivity contribution >= 4 is 11.3 Å². The summed E-state index contributed by atoms with van der Waals surface area (Å²) < 4.78 is 8.91. The lowest BCUT2D eigenvalue weighted by atomic mass is 10.1. The van der Waals surface area contributed by atoms with Crippen molar-refractivity contribution in [3.8, 4) is 11.3 Å². The van der Waals surface area contributed by atoms with Gasteiger partial charge in [-0.05, 0) is 24.3 Å². The summed E-state index contributed by atoms with van der Waals surface area (Å²) in [7, 11) is 0. The van der Waals surface area contributed by atoms with Crippen LogP contribution in [0.4, 0.5) is 5.82 Å². The number of nitrogens with zero attached hydrogens (tertiary/aromatic N) is 6. The number of nitrogens with one attached hydrogen (secondary N) is 1. The molecule has 4 aromatic heterocycles. The second-order valence-electron chi connectivity index (χ2n) is 6.53. The van der Waals surface area contributed by atoms with E-state index in [1.165, 1.54) is 10.7 Å². The van der Waals surface area contributed by atoms with Crippen LogP contribution >= 0.6 is 0 Å². The molecule has 0 amide bonds. The van der Waals surface area contributed by atoms with Gasteiger partial charge in [0, 0.05) is 36.4 Å². The van der Waals surface area contributed by atoms with Gasteiger partial charge >= 0.3 is 0 Å². The van der Waals surface area contributed by atoms with Gasteiger partial charge in [0.2, 0.25) is 0 Å². The lowest BCUT2D eigenvalue weighted by Gasteiger charge is -2.21. The summed E-state index contributed by atoms with van der Waals surface area (Å²) in [6.07, 6.45) is 8.59. The quantitative estimate of drug-likeness (QED) is 0.575. The van der Waals surface area contributed by atoms with Gasteiger partial charge < -0.3 is 10.1 Å². The molecule has 5 rings (SSSR count). The Morgan fingerprint density at radius 3 is 2.82 bits per heavy atom. The van der Waals surface area contributed by atoms with Gasteiger partial charge in [0.25, 0.3) is 5.56 Å². The largest absolute Gasteiger partial charge is 0.377 e. The Hall–Kier alpha value is -3.59. The zero-order valence-electron chi connectivity index (χ0n) is 14.8. The number of rotatable bonds is 4. The molecular formula is C19H17N7O2. The molecule has 28 heavy (non-hydrogen) atoms. The highest BCUT2D eigenvalue weighted by molar-refractivity contribution is 5.67. The number of pyridine rings is 1. The summed E-state index contributed by atoms with van der Waals surface area (Å²) >= 11 is 0. The molecule has 1 N–H and O–H groups in total. The molecular weight excluding hydrogens is 358 g/mol. The Balaban J connectivity index is 1.49. The van der Waals surface area contributed by atoms with E-state index in [2.05, 4.69) is 25.5 Å². The van der Waals surface area contributed by atoms with Gasteiger partial charge in [-0.25, -0.2) is 14.2 Å². The van der Waals surface area contributed by atoms with Crippen LogP contribution < -0.4 is 10.9 Å². The molecule has 1 aliphatic rings. The minimum absolute atomic E-state index is 0.147. The third-order valence-electron chi connectivity index (χ3n) is 4.81. The predicted octanol–water partition coefficient (Wildman–Crippen LogP) is 1.40. The van der Waals surface area contributed by atoms with Crippen molar-refractivity contribution in [2.24, 2.45) is 0 Å². The maximum atomic E-state index is 12.5. The Morgan fingerprint density at radius 1 is 1.04 bits per heavy atom. The van der Waals surface area contributed by atoms with Crippen molar-refractivity contribution in [1.82, 2.24) is 29.4 Å². The van der Waals surface area contributed by atoms with Gasteiger partial charge in [-0.15, -0.1) is 0 Å². The fourth-order valence-electron chi connectivity index (χ4n) is 3.41. The second-order valence-corrected chi connectivity index (χ2v) is 6.53. The van der Waals surface area contributed by atoms with E-state index in [4.69, 9.17) is 4.74 Å². The van der Waals surface area contributed by atoms with Crippen LogP contribution in [0.25, 0.3) is 16.8 Å². The summed E-state index contributed by atoms with van der Waals surface area (Å²) in [6, 6.07) is 8.47. The van der Waals surface area contributed by atoms with Crippen LogP contribution in [-0.2, 0) is 4.74 Å². The van der Waals surface area contributed by atoms with Crippen LogP contribution in [0.5, 0.6) is 0 Å². The van der Waals surface area contributed by atoms with Crippen LogP contribution in [0.2, 0.25) is 0 Å². The molecule has 9 nitrogen and oxygen atoms in total. The topological polar surface area (TPSA) is 99.2 Å². The molecule has 0 bridgehead atoms. The van der Waals surface area contributed by atoms with Gasteiger partial charge in [0.05, 0.1) is 31.1 Å². The number of ether oxygens (including phenoxy) is 1. The lowest BCUT2D eigenvalue weighted by molar-refractivity contribution is 0.183. The van der Waals surface area contributed by atoms with Crippen molar-refractivity contribution in [3.63, 3.8) is 0 Å². The number of hydrogen-bond acceptors (Lipinski definition) is 7. The molecule has 0 aliphatic carbocycles. The maximum Gasteiger partial charge on any atom is 0.267 e. The molecule has 2 unspecified atom stereocenters. The van der Waals surface area contributed by atoms with E-state index in [1.54, 1.807) is 41.6 Å². The zero-order valence-corrected chi connectivity index (χ0v) is 14.8. The first-order chi connectivity index (χ1) is 13.8. The van der Waals surface area contributed by atoms with Gasteiger partial charge in [0.1, 0.15) is 11.6 Å². The fraction of sp³-hybridized carbons (Fsp3) is 0.211. The molecule has 0 saturated carbocycles. The van der Waals surface area contributed by atoms with Gasteiger partial charge in [-0.1, -0.05) is 0 Å². The van der Waals surface area contributed by atoms with Crippen LogP contribution in [0.3, 0.4) is 0 Å². The molecule has 1 fully saturated rings. The van der Waals surface area contributed by atoms with E-state index in [1.807, 2.05) is 18.2 Å². The van der Waals surface area contributed by atoms with Gasteiger partial charge in [-0.2, -0.15) is 10.2 Å². The third kappa shape index (κ3) is 2.91. The standard InChI is InChI=1S/C19H17N7O2/c27-18-2-1-14(13-3-6-20-7-4-13)24-26(18)17-12-28-11-15(17)23-19-16-5-8-22-25(16)10-9-21-19/h1-10,15,17H,11-12H2,(H,21,23). The van der Waals surface area contributed by atoms with E-state index in [0.717, 1.165) is 11.1 Å². The SMILES string of the molecule is O=c1ccc(-c2ccncc2)nn1C1COCC1Nc1nccn2nccc12. The van der Waals surface area contributed by atoms with Crippen LogP contribution in [0, 0.1) is 0 Å². The summed E-state index contributed by atoms with van der Waals surface area (Å²) in [4.78, 5) is 21.0. The van der Waals surface area contributed by atoms with Gasteiger partial charge in [0.15, 0.2) is 5.82 Å². The second kappa shape index (κ2) is 6.86. The average Bonchev–Trinajstić information content (AvgIpc) is 3.39. The first-order valence-electron chi connectivity index (χ1n) is 8.92. The molecule has 1 aliphatic heterocycles. The molecule has 0 aromatic carbocycles. The average molecular weight is 375 g/mol. The molecule has 4 aromatic rings. The highest BCUT2D eigenvalue weighted by atomic mass is 16.5. The normalized spacial score (nSPS) is 19.1. The monoisotopic (exact) mass is 375 g/mol. The number of aromatic nitrogens is 6. The molecule has 1 saturated heterocycles. The molecule has 0 spiro atoms. The smallest absolute Gasteiger partial charge is 0.267 e. The highest BCUT2D eigenvalue weighted by Gasteiger charge is 2.32. The van der Waals surface area contributed by atoms with E-state index in [9.17, 15) is 4.79 Å². The van der Waals surface area contributed by atoms with E-state index in [-0.39, 0.29) is 17.6 Å². The maximum absolute atomic E-state index is 12.5. The third-order valence-corrected chi connectivity index (χ3v) is 4.81. The first kappa shape index (κ1) is 16.6. The van der Waals surface area contributed by atoms with Crippen molar-refractivity contribution in [1.29, 1.82) is 0 Å². The van der Waals surface area contributed by atoms with Crippen LogP contribution in [0.1, 0.15) is 6.04 Å². The molecule has 5 heterocycles. The molecule has 2 atom stereocenters. The van der Waals surface area contributed by atoms with Crippen LogP contribution in [-0.4, -0.2) is 48.6 Å². The minimum Gasteiger partial charge on any atom is -0.377 e. The predicted molar refractivity (Wildman–Crippen MR) is 102 cm³/mol. The van der Waals surface area contributed by atoms with Crippen molar-refractivity contribution in [3.05, 3.63) is 71.7 Å². The van der Waals surface area contributed by atoms with Crippen LogP contribution in [0.15, 0.2) is 66.1 Å². The summed E-state index contributed by atoms with van der Waals surface area (Å²) in [5, 5.41) is 12.2. The Labute approximate surface area is 159 Å². The van der Waals surface area contributed by atoms with Gasteiger partial charge in [-0.3, -0.25) is 9.78 Å². The molecule has 9 heteroatoms. The van der Waals surface area contributed by atoms with Crippen molar-refractivity contribution < 1.29 is 4.74 Å². The minimum atomic E-state index is -0.251. The van der Waals surface area contributed by atoms with Crippen molar-refractivity contribution in [2.75, 3.05) is 18.5 Å². The Bertz CT molecular complexity index is 1170. The first-order valence-corrected chi connectivity index (χ1v) is 8.92. The number of fused-ring (bicyclic) bond motifs is 1. The summed E-state index contributed by atoms with van der Waals surface area (Å²) in [5.74, 6) is 0.693. The van der Waals surface area contributed by atoms with E-state index < -0.39 is 0 Å². The van der Waals surface area contributed by atoms with E-state index in [0.29, 0.717) is 24.7 Å². The number of hydrogen-bond donors (Lipinski definition) is 1. The Kier molecular flexibility index (Phi) is 4.06. The highest BCUT2D eigenvalue weighted by Crippen LogP contribution is 2.24. The lowest BCUT2D eigenvalue weighted by Crippen LogP contribution is -2.37.